The molecule has 2 aromatic rings. The van der Waals surface area contributed by atoms with E-state index < -0.39 is 53.4 Å². The number of para-hydroxylation sites is 1. The highest BCUT2D eigenvalue weighted by Crippen LogP contribution is 2.29. The summed E-state index contributed by atoms with van der Waals surface area (Å²) in [6, 6.07) is 8.29. The molecule has 0 fully saturated rings. The lowest BCUT2D eigenvalue weighted by Gasteiger charge is -2.09. The van der Waals surface area contributed by atoms with Gasteiger partial charge in [0, 0.05) is 13.0 Å². The molecular formula is C18H13F5O5. The third-order valence-corrected chi connectivity index (χ3v) is 3.25. The van der Waals surface area contributed by atoms with Crippen LogP contribution in [0.3, 0.4) is 0 Å². The van der Waals surface area contributed by atoms with Gasteiger partial charge in [-0.05, 0) is 18.6 Å². The van der Waals surface area contributed by atoms with Crippen molar-refractivity contribution in [3.8, 4) is 11.5 Å². The minimum atomic E-state index is -2.37. The minimum Gasteiger partial charge on any atom is -0.427 e. The van der Waals surface area contributed by atoms with Gasteiger partial charge in [-0.1, -0.05) is 18.2 Å². The number of halogens is 5. The zero-order chi connectivity index (χ0) is 20.7. The van der Waals surface area contributed by atoms with Crippen LogP contribution >= 0.6 is 0 Å². The van der Waals surface area contributed by atoms with Gasteiger partial charge in [-0.2, -0.15) is 8.78 Å². The standard InChI is InChI=1S/C18H13F5O5/c19-13-14(20)16(22)18(17(23)15(13)21)28-12(25)9-26-8-4-7-11(24)27-10-5-2-1-3-6-10/h1-3,5-6H,4,7-9H2. The van der Waals surface area contributed by atoms with Gasteiger partial charge in [0.05, 0.1) is 0 Å². The Kier molecular flexibility index (Phi) is 7.44. The summed E-state index contributed by atoms with van der Waals surface area (Å²) in [4.78, 5) is 23.0. The van der Waals surface area contributed by atoms with Crippen molar-refractivity contribution in [1.29, 1.82) is 0 Å². The normalized spacial score (nSPS) is 10.6. The van der Waals surface area contributed by atoms with Crippen LogP contribution in [0.4, 0.5) is 22.0 Å². The molecule has 28 heavy (non-hydrogen) atoms. The van der Waals surface area contributed by atoms with Crippen molar-refractivity contribution < 1.29 is 45.8 Å². The zero-order valence-corrected chi connectivity index (χ0v) is 14.1. The van der Waals surface area contributed by atoms with E-state index in [9.17, 15) is 31.5 Å². The van der Waals surface area contributed by atoms with Gasteiger partial charge < -0.3 is 14.2 Å². The molecule has 0 aliphatic heterocycles. The molecule has 0 atom stereocenters. The summed E-state index contributed by atoms with van der Waals surface area (Å²) in [5.74, 6) is -14.7. The van der Waals surface area contributed by atoms with Crippen LogP contribution in [0.2, 0.25) is 0 Å². The number of rotatable bonds is 8. The summed E-state index contributed by atoms with van der Waals surface area (Å²) in [5, 5.41) is 0. The van der Waals surface area contributed by atoms with Crippen LogP contribution in [0.25, 0.3) is 0 Å². The topological polar surface area (TPSA) is 61.8 Å². The molecule has 0 spiro atoms. The maximum absolute atomic E-state index is 13.4. The lowest BCUT2D eigenvalue weighted by molar-refractivity contribution is -0.140. The summed E-state index contributed by atoms with van der Waals surface area (Å²) < 4.78 is 79.7. The Balaban J connectivity index is 1.74. The van der Waals surface area contributed by atoms with Gasteiger partial charge in [0.25, 0.3) is 0 Å². The molecular weight excluding hydrogens is 391 g/mol. The molecule has 0 saturated carbocycles. The summed E-state index contributed by atoms with van der Waals surface area (Å²) in [5.41, 5.74) is 0. The van der Waals surface area contributed by atoms with Crippen LogP contribution in [0.1, 0.15) is 12.8 Å². The minimum absolute atomic E-state index is 0.0401. The van der Waals surface area contributed by atoms with Crippen LogP contribution in [-0.4, -0.2) is 25.2 Å². The van der Waals surface area contributed by atoms with Crippen LogP contribution in [0, 0.1) is 29.1 Å². The first-order valence-electron chi connectivity index (χ1n) is 7.86. The van der Waals surface area contributed by atoms with E-state index in [1.807, 2.05) is 0 Å². The number of carbonyl (C=O) groups excluding carboxylic acids is 2. The Morgan fingerprint density at radius 2 is 1.32 bits per heavy atom. The van der Waals surface area contributed by atoms with E-state index in [1.54, 1.807) is 30.3 Å². The first-order valence-corrected chi connectivity index (χ1v) is 7.86. The Morgan fingerprint density at radius 1 is 0.750 bits per heavy atom. The molecule has 0 heterocycles. The zero-order valence-electron chi connectivity index (χ0n) is 14.1. The number of benzene rings is 2. The van der Waals surface area contributed by atoms with Crippen LogP contribution in [-0.2, 0) is 14.3 Å². The second kappa shape index (κ2) is 9.79. The maximum atomic E-state index is 13.4. The number of carbonyl (C=O) groups is 2. The van der Waals surface area contributed by atoms with Crippen molar-refractivity contribution in [2.45, 2.75) is 12.8 Å². The van der Waals surface area contributed by atoms with Crippen molar-refractivity contribution in [3.05, 3.63) is 59.4 Å². The van der Waals surface area contributed by atoms with E-state index in [-0.39, 0.29) is 19.4 Å². The molecule has 0 N–H and O–H groups in total. The number of hydrogen-bond donors (Lipinski definition) is 0. The Labute approximate surface area is 155 Å². The fourth-order valence-electron chi connectivity index (χ4n) is 1.96. The smallest absolute Gasteiger partial charge is 0.337 e. The fraction of sp³-hybridized carbons (Fsp3) is 0.222. The molecule has 2 rings (SSSR count). The van der Waals surface area contributed by atoms with Gasteiger partial charge in [-0.25, -0.2) is 18.0 Å². The van der Waals surface area contributed by atoms with Crippen molar-refractivity contribution in [1.82, 2.24) is 0 Å². The molecule has 0 bridgehead atoms. The van der Waals surface area contributed by atoms with E-state index >= 15 is 0 Å². The average molecular weight is 404 g/mol. The monoisotopic (exact) mass is 404 g/mol. The van der Waals surface area contributed by atoms with E-state index in [1.165, 1.54) is 0 Å². The summed E-state index contributed by atoms with van der Waals surface area (Å²) >= 11 is 0. The molecule has 150 valence electrons. The predicted octanol–water partition coefficient (Wildman–Crippen LogP) is 3.69. The third kappa shape index (κ3) is 5.49. The molecule has 5 nitrogen and oxygen atoms in total. The largest absolute Gasteiger partial charge is 0.427 e. The highest BCUT2D eigenvalue weighted by Gasteiger charge is 2.28. The highest BCUT2D eigenvalue weighted by molar-refractivity contribution is 5.74. The lowest BCUT2D eigenvalue weighted by Crippen LogP contribution is -2.19. The Morgan fingerprint density at radius 3 is 1.93 bits per heavy atom. The Hall–Kier alpha value is -3.01. The van der Waals surface area contributed by atoms with Crippen molar-refractivity contribution >= 4 is 11.9 Å². The molecule has 0 aliphatic carbocycles. The molecule has 10 heteroatoms. The van der Waals surface area contributed by atoms with Crippen LogP contribution < -0.4 is 9.47 Å². The van der Waals surface area contributed by atoms with E-state index in [4.69, 9.17) is 9.47 Å². The predicted molar refractivity (Wildman–Crippen MR) is 84.0 cm³/mol. The molecule has 0 aromatic heterocycles. The van der Waals surface area contributed by atoms with E-state index in [0.717, 1.165) is 0 Å². The SMILES string of the molecule is O=C(CCCOCC(=O)Oc1c(F)c(F)c(F)c(F)c1F)Oc1ccccc1. The van der Waals surface area contributed by atoms with E-state index in [2.05, 4.69) is 4.74 Å². The van der Waals surface area contributed by atoms with Crippen LogP contribution in [0.5, 0.6) is 11.5 Å². The fourth-order valence-corrected chi connectivity index (χ4v) is 1.96. The second-order valence-corrected chi connectivity index (χ2v) is 5.32. The highest BCUT2D eigenvalue weighted by atomic mass is 19.2. The van der Waals surface area contributed by atoms with Gasteiger partial charge in [-0.3, -0.25) is 4.79 Å². The van der Waals surface area contributed by atoms with Gasteiger partial charge in [-0.15, -0.1) is 0 Å². The molecule has 0 amide bonds. The summed E-state index contributed by atoms with van der Waals surface area (Å²) in [6.45, 7) is -0.941. The van der Waals surface area contributed by atoms with Crippen LogP contribution in [0.15, 0.2) is 30.3 Å². The van der Waals surface area contributed by atoms with Crippen molar-refractivity contribution in [2.75, 3.05) is 13.2 Å². The van der Waals surface area contributed by atoms with Gasteiger partial charge in [0.1, 0.15) is 12.4 Å². The number of esters is 2. The third-order valence-electron chi connectivity index (χ3n) is 3.25. The maximum Gasteiger partial charge on any atom is 0.337 e. The van der Waals surface area contributed by atoms with Gasteiger partial charge >= 0.3 is 11.9 Å². The lowest BCUT2D eigenvalue weighted by atomic mass is 10.2. The van der Waals surface area contributed by atoms with Gasteiger partial charge in [0.2, 0.25) is 34.8 Å². The average Bonchev–Trinajstić information content (AvgIpc) is 2.68. The summed E-state index contributed by atoms with van der Waals surface area (Å²) in [7, 11) is 0. The molecule has 0 saturated heterocycles. The quantitative estimate of drug-likeness (QED) is 0.168. The van der Waals surface area contributed by atoms with Crippen molar-refractivity contribution in [2.24, 2.45) is 0 Å². The van der Waals surface area contributed by atoms with Crippen molar-refractivity contribution in [3.63, 3.8) is 0 Å². The Bertz CT molecular complexity index is 828. The number of ether oxygens (including phenoxy) is 3. The molecule has 0 radical (unpaired) electrons. The second-order valence-electron chi connectivity index (χ2n) is 5.32. The van der Waals surface area contributed by atoms with Gasteiger partial charge in [0.15, 0.2) is 0 Å². The first-order chi connectivity index (χ1) is 13.3. The number of hydrogen-bond acceptors (Lipinski definition) is 5. The first kappa shape index (κ1) is 21.3. The molecule has 0 unspecified atom stereocenters. The summed E-state index contributed by atoms with van der Waals surface area (Å²) in [6.07, 6.45) is 0.114. The molecule has 2 aromatic carbocycles. The van der Waals surface area contributed by atoms with E-state index in [0.29, 0.717) is 5.75 Å². The molecule has 0 aliphatic rings.